The topological polar surface area (TPSA) is 63.9 Å². The van der Waals surface area contributed by atoms with Crippen molar-refractivity contribution < 1.29 is 4.79 Å². The number of fused-ring (bicyclic) bond motifs is 1. The van der Waals surface area contributed by atoms with E-state index in [1.807, 2.05) is 53.5 Å². The van der Waals surface area contributed by atoms with Crippen LogP contribution in [0.25, 0.3) is 27.9 Å². The standard InChI is InChI=1S/C28H29N5O/c1-32-16-12-22(13-17-32)28-27(21-7-3-2-4-8-21)31-25-19-23(10-11-24(25)30-28)26(34)9-5-6-15-33-18-14-29-20-33/h2-4,7-8,10-12,14,18-20H,5-6,9,13,15-17H2,1H3. The number of nitrogens with zero attached hydrogens (tertiary/aromatic N) is 5. The number of hydrogen-bond donors (Lipinski definition) is 0. The molecule has 2 aromatic heterocycles. The minimum atomic E-state index is 0.151. The third kappa shape index (κ3) is 4.97. The molecule has 0 bridgehead atoms. The SMILES string of the molecule is CN1CC=C(c2nc3ccc(C(=O)CCCCn4ccnc4)cc3nc2-c2ccccc2)CC1. The van der Waals surface area contributed by atoms with Gasteiger partial charge in [-0.05, 0) is 50.1 Å². The monoisotopic (exact) mass is 451 g/mol. The second kappa shape index (κ2) is 10.1. The van der Waals surface area contributed by atoms with Crippen LogP contribution in [-0.2, 0) is 6.54 Å². The van der Waals surface area contributed by atoms with Gasteiger partial charge in [-0.25, -0.2) is 15.0 Å². The number of likely N-dealkylation sites (N-methyl/N-ethyl adjacent to an activating group) is 1. The summed E-state index contributed by atoms with van der Waals surface area (Å²) in [6.45, 7) is 2.80. The Kier molecular flexibility index (Phi) is 6.58. The van der Waals surface area contributed by atoms with Crippen LogP contribution >= 0.6 is 0 Å². The maximum absolute atomic E-state index is 12.9. The molecule has 0 saturated heterocycles. The molecule has 6 heteroatoms. The predicted molar refractivity (Wildman–Crippen MR) is 135 cm³/mol. The van der Waals surface area contributed by atoms with Gasteiger partial charge in [0, 0.05) is 49.6 Å². The molecule has 0 spiro atoms. The number of imidazole rings is 1. The highest BCUT2D eigenvalue weighted by Gasteiger charge is 2.18. The molecule has 5 rings (SSSR count). The fraction of sp³-hybridized carbons (Fsp3) is 0.286. The smallest absolute Gasteiger partial charge is 0.162 e. The van der Waals surface area contributed by atoms with Crippen LogP contribution in [0.1, 0.15) is 41.7 Å². The van der Waals surface area contributed by atoms with Gasteiger partial charge in [0.2, 0.25) is 0 Å². The highest BCUT2D eigenvalue weighted by molar-refractivity contribution is 5.99. The van der Waals surface area contributed by atoms with E-state index >= 15 is 0 Å². The lowest BCUT2D eigenvalue weighted by atomic mass is 9.98. The van der Waals surface area contributed by atoms with E-state index in [-0.39, 0.29) is 5.78 Å². The zero-order valence-corrected chi connectivity index (χ0v) is 19.5. The molecular formula is C28H29N5O. The van der Waals surface area contributed by atoms with Gasteiger partial charge < -0.3 is 9.47 Å². The van der Waals surface area contributed by atoms with E-state index in [0.717, 1.165) is 66.9 Å². The summed E-state index contributed by atoms with van der Waals surface area (Å²) in [5.74, 6) is 0.151. The molecule has 0 amide bonds. The Balaban J connectivity index is 1.41. The summed E-state index contributed by atoms with van der Waals surface area (Å²) in [5.41, 5.74) is 6.41. The number of aryl methyl sites for hydroxylation is 1. The zero-order chi connectivity index (χ0) is 23.3. The van der Waals surface area contributed by atoms with Gasteiger partial charge in [-0.3, -0.25) is 4.79 Å². The van der Waals surface area contributed by atoms with Gasteiger partial charge in [0.1, 0.15) is 0 Å². The number of unbranched alkanes of at least 4 members (excludes halogenated alkanes) is 1. The number of benzene rings is 2. The van der Waals surface area contributed by atoms with Crippen molar-refractivity contribution in [1.82, 2.24) is 24.4 Å². The van der Waals surface area contributed by atoms with E-state index in [1.54, 1.807) is 6.20 Å². The second-order valence-corrected chi connectivity index (χ2v) is 8.91. The lowest BCUT2D eigenvalue weighted by Gasteiger charge is -2.23. The van der Waals surface area contributed by atoms with Crippen LogP contribution < -0.4 is 0 Å². The first-order chi connectivity index (χ1) is 16.7. The van der Waals surface area contributed by atoms with E-state index in [9.17, 15) is 4.79 Å². The third-order valence-electron chi connectivity index (χ3n) is 6.38. The van der Waals surface area contributed by atoms with Gasteiger partial charge in [-0.2, -0.15) is 0 Å². The van der Waals surface area contributed by atoms with Crippen molar-refractivity contribution in [2.24, 2.45) is 0 Å². The van der Waals surface area contributed by atoms with Gasteiger partial charge in [-0.15, -0.1) is 0 Å². The van der Waals surface area contributed by atoms with Crippen LogP contribution in [0.5, 0.6) is 0 Å². The summed E-state index contributed by atoms with van der Waals surface area (Å²) in [6.07, 6.45) is 11.1. The van der Waals surface area contributed by atoms with Crippen molar-refractivity contribution in [2.45, 2.75) is 32.2 Å². The number of aromatic nitrogens is 4. The van der Waals surface area contributed by atoms with Crippen LogP contribution in [0.3, 0.4) is 0 Å². The predicted octanol–water partition coefficient (Wildman–Crippen LogP) is 5.27. The molecule has 6 nitrogen and oxygen atoms in total. The Morgan fingerprint density at radius 3 is 2.62 bits per heavy atom. The van der Waals surface area contributed by atoms with Crippen LogP contribution in [0, 0.1) is 0 Å². The summed E-state index contributed by atoms with van der Waals surface area (Å²) >= 11 is 0. The molecule has 34 heavy (non-hydrogen) atoms. The Labute approximate surface area is 200 Å². The Morgan fingerprint density at radius 2 is 1.85 bits per heavy atom. The molecule has 3 heterocycles. The molecule has 0 aliphatic carbocycles. The van der Waals surface area contributed by atoms with E-state index in [0.29, 0.717) is 12.0 Å². The number of rotatable bonds is 8. The van der Waals surface area contributed by atoms with Gasteiger partial charge in [0.05, 0.1) is 28.7 Å². The maximum atomic E-state index is 12.9. The van der Waals surface area contributed by atoms with E-state index in [1.165, 1.54) is 5.57 Å². The van der Waals surface area contributed by atoms with Crippen molar-refractivity contribution in [3.8, 4) is 11.3 Å². The first-order valence-corrected chi connectivity index (χ1v) is 11.9. The summed E-state index contributed by atoms with van der Waals surface area (Å²) in [6, 6.07) is 15.9. The summed E-state index contributed by atoms with van der Waals surface area (Å²) < 4.78 is 2.04. The average Bonchev–Trinajstić information content (AvgIpc) is 3.40. The minimum absolute atomic E-state index is 0.151. The van der Waals surface area contributed by atoms with Crippen LogP contribution in [-0.4, -0.2) is 50.3 Å². The van der Waals surface area contributed by atoms with Crippen LogP contribution in [0.4, 0.5) is 0 Å². The van der Waals surface area contributed by atoms with E-state index in [2.05, 4.69) is 35.1 Å². The molecule has 0 N–H and O–H groups in total. The quantitative estimate of drug-likeness (QED) is 0.270. The molecule has 0 atom stereocenters. The van der Waals surface area contributed by atoms with Gasteiger partial charge in [-0.1, -0.05) is 36.4 Å². The molecule has 1 aliphatic heterocycles. The molecule has 0 unspecified atom stereocenters. The summed E-state index contributed by atoms with van der Waals surface area (Å²) in [5, 5.41) is 0. The first kappa shape index (κ1) is 22.2. The third-order valence-corrected chi connectivity index (χ3v) is 6.38. The fourth-order valence-corrected chi connectivity index (χ4v) is 4.38. The summed E-state index contributed by atoms with van der Waals surface area (Å²) in [7, 11) is 2.13. The molecule has 0 radical (unpaired) electrons. The molecule has 4 aromatic rings. The van der Waals surface area contributed by atoms with Gasteiger partial charge in [0.25, 0.3) is 0 Å². The zero-order valence-electron chi connectivity index (χ0n) is 19.5. The number of ketones is 1. The number of carbonyl (C=O) groups excluding carboxylic acids is 1. The largest absolute Gasteiger partial charge is 0.337 e. The molecule has 1 aliphatic rings. The van der Waals surface area contributed by atoms with Gasteiger partial charge in [0.15, 0.2) is 5.78 Å². The van der Waals surface area contributed by atoms with Crippen molar-refractivity contribution >= 4 is 22.4 Å². The lowest BCUT2D eigenvalue weighted by molar-refractivity contribution is 0.0979. The van der Waals surface area contributed by atoms with Crippen molar-refractivity contribution in [3.05, 3.63) is 84.6 Å². The van der Waals surface area contributed by atoms with E-state index < -0.39 is 0 Å². The maximum Gasteiger partial charge on any atom is 0.162 e. The van der Waals surface area contributed by atoms with Crippen LogP contribution in [0.15, 0.2) is 73.3 Å². The number of hydrogen-bond acceptors (Lipinski definition) is 5. The molecular weight excluding hydrogens is 422 g/mol. The lowest BCUT2D eigenvalue weighted by Crippen LogP contribution is -2.24. The van der Waals surface area contributed by atoms with Crippen LogP contribution in [0.2, 0.25) is 0 Å². The minimum Gasteiger partial charge on any atom is -0.337 e. The molecule has 0 saturated carbocycles. The highest BCUT2D eigenvalue weighted by atomic mass is 16.1. The highest BCUT2D eigenvalue weighted by Crippen LogP contribution is 2.31. The average molecular weight is 452 g/mol. The molecule has 2 aromatic carbocycles. The number of carbonyl (C=O) groups is 1. The fourth-order valence-electron chi connectivity index (χ4n) is 4.38. The van der Waals surface area contributed by atoms with Crippen molar-refractivity contribution in [1.29, 1.82) is 0 Å². The van der Waals surface area contributed by atoms with Crippen molar-refractivity contribution in [2.75, 3.05) is 20.1 Å². The first-order valence-electron chi connectivity index (χ1n) is 11.9. The molecule has 0 fully saturated rings. The second-order valence-electron chi connectivity index (χ2n) is 8.91. The number of Topliss-reactive ketones (excluding diaryl/α,β-unsaturated/α-hetero) is 1. The summed E-state index contributed by atoms with van der Waals surface area (Å²) in [4.78, 5) is 29.3. The van der Waals surface area contributed by atoms with Crippen molar-refractivity contribution in [3.63, 3.8) is 0 Å². The Bertz CT molecular complexity index is 1310. The Hall–Kier alpha value is -3.64. The normalized spacial score (nSPS) is 14.3. The van der Waals surface area contributed by atoms with Gasteiger partial charge >= 0.3 is 0 Å². The van der Waals surface area contributed by atoms with E-state index in [4.69, 9.17) is 9.97 Å². The molecule has 172 valence electrons. The Morgan fingerprint density at radius 1 is 1.00 bits per heavy atom.